The van der Waals surface area contributed by atoms with E-state index in [0.717, 1.165) is 0 Å². The van der Waals surface area contributed by atoms with Gasteiger partial charge in [0, 0.05) is 0 Å². The summed E-state index contributed by atoms with van der Waals surface area (Å²) in [7, 11) is -2.86. The highest BCUT2D eigenvalue weighted by Gasteiger charge is 2.44. The third-order valence-corrected chi connectivity index (χ3v) is 2.55. The van der Waals surface area contributed by atoms with Crippen LogP contribution in [-0.4, -0.2) is 13.9 Å². The number of rotatable bonds is 0. The summed E-state index contributed by atoms with van der Waals surface area (Å²) in [5, 5.41) is 0. The zero-order valence-electron chi connectivity index (χ0n) is 5.63. The third-order valence-electron chi connectivity index (χ3n) is 0.850. The molecule has 0 nitrogen and oxygen atoms in total. The van der Waals surface area contributed by atoms with Crippen molar-refractivity contribution < 1.29 is 13.2 Å². The Kier molecular flexibility index (Phi) is 3.97. The molecule has 0 aliphatic rings. The van der Waals surface area contributed by atoms with Gasteiger partial charge in [-0.15, -0.1) is 0 Å². The van der Waals surface area contributed by atoms with Crippen LogP contribution in [-0.2, 0) is 0 Å². The Morgan fingerprint density at radius 1 is 1.00 bits per heavy atom. The molecule has 0 spiro atoms. The molecule has 0 unspecified atom stereocenters. The van der Waals surface area contributed by atoms with Crippen LogP contribution in [0.25, 0.3) is 0 Å². The van der Waals surface area contributed by atoms with Crippen molar-refractivity contribution in [3.63, 3.8) is 0 Å². The maximum atomic E-state index is 11.6. The zero-order valence-corrected chi connectivity index (χ0v) is 7.63. The lowest BCUT2D eigenvalue weighted by molar-refractivity contribution is -0.0552. The van der Waals surface area contributed by atoms with E-state index >= 15 is 0 Å². The molecule has 0 N–H and O–H groups in total. The van der Waals surface area contributed by atoms with Gasteiger partial charge in [-0.2, -0.15) is 26.7 Å². The molecule has 0 aliphatic heterocycles. The average Bonchev–Trinajstić information content (AvgIpc) is 1.25. The topological polar surface area (TPSA) is 0 Å². The van der Waals surface area contributed by atoms with Crippen LogP contribution in [0.4, 0.5) is 13.2 Å². The van der Waals surface area contributed by atoms with Gasteiger partial charge in [0.25, 0.3) is 0 Å². The summed E-state index contributed by atoms with van der Waals surface area (Å²) < 4.78 is 34.9. The maximum absolute atomic E-state index is 11.6. The lowest BCUT2D eigenvalue weighted by Crippen LogP contribution is -2.40. The zero-order chi connectivity index (χ0) is 7.00. The first kappa shape index (κ1) is 12.1. The fraction of sp³-hybridized carbons (Fsp3) is 1.00. The highest BCUT2D eigenvalue weighted by atomic mass is 32.1. The van der Waals surface area contributed by atoms with Gasteiger partial charge in [-0.25, -0.2) is 0 Å². The molecule has 0 bridgehead atoms. The Morgan fingerprint density at radius 2 is 1.11 bits per heavy atom. The van der Waals surface area contributed by atoms with E-state index in [1.807, 2.05) is 0 Å². The lowest BCUT2D eigenvalue weighted by Gasteiger charge is -2.19. The van der Waals surface area contributed by atoms with E-state index < -0.39 is 13.9 Å². The molecule has 0 aromatic rings. The average molecular weight is 176 g/mol. The molecule has 0 saturated carbocycles. The van der Waals surface area contributed by atoms with Gasteiger partial charge in [0.2, 0.25) is 0 Å². The molecule has 0 fully saturated rings. The van der Waals surface area contributed by atoms with E-state index in [2.05, 4.69) is 0 Å². The Hall–Kier alpha value is 0.357. The van der Waals surface area contributed by atoms with Crippen LogP contribution in [0.1, 0.15) is 0 Å². The highest BCUT2D eigenvalue weighted by molar-refractivity contribution is 7.59. The summed E-state index contributed by atoms with van der Waals surface area (Å²) in [6.07, 6.45) is 0. The van der Waals surface area contributed by atoms with E-state index in [9.17, 15) is 13.2 Å². The van der Waals surface area contributed by atoms with E-state index in [1.54, 1.807) is 0 Å². The van der Waals surface area contributed by atoms with E-state index in [-0.39, 0.29) is 13.5 Å². The second kappa shape index (κ2) is 2.96. The Morgan fingerprint density at radius 3 is 1.11 bits per heavy atom. The van der Waals surface area contributed by atoms with Crippen LogP contribution < -0.4 is 0 Å². The predicted molar refractivity (Wildman–Crippen MR) is 39.8 cm³/mol. The van der Waals surface area contributed by atoms with Crippen molar-refractivity contribution in [1.29, 1.82) is 0 Å². The number of halogens is 3. The Labute approximate surface area is 60.9 Å². The van der Waals surface area contributed by atoms with Gasteiger partial charge in [-0.1, -0.05) is 19.6 Å². The Bertz CT molecular complexity index is 70.8. The molecule has 0 heterocycles. The molecule has 9 heavy (non-hydrogen) atoms. The van der Waals surface area contributed by atoms with Crippen molar-refractivity contribution in [2.45, 2.75) is 25.4 Å². The fourth-order valence-electron chi connectivity index (χ4n) is 0. The molecule has 0 aromatic carbocycles. The number of alkyl halides is 3. The van der Waals surface area contributed by atoms with Crippen molar-refractivity contribution >= 4 is 21.6 Å². The number of hydrogen-bond acceptors (Lipinski definition) is 0. The summed E-state index contributed by atoms with van der Waals surface area (Å²) >= 11 is 0. The van der Waals surface area contributed by atoms with Crippen molar-refractivity contribution in [2.24, 2.45) is 0 Å². The van der Waals surface area contributed by atoms with E-state index in [1.165, 1.54) is 19.6 Å². The largest absolute Gasteiger partial charge is 0.360 e. The van der Waals surface area contributed by atoms with Crippen LogP contribution in [0, 0.1) is 0 Å². The minimum atomic E-state index is -3.92. The standard InChI is InChI=1S/C4H9F3Si.H2S/c1-8(2,3)4(5,6)7;/h1-3H3;1H2. The van der Waals surface area contributed by atoms with Crippen LogP contribution in [0.15, 0.2) is 0 Å². The molecule has 0 radical (unpaired) electrons. The van der Waals surface area contributed by atoms with Crippen molar-refractivity contribution in [3.05, 3.63) is 0 Å². The van der Waals surface area contributed by atoms with Crippen LogP contribution in [0.2, 0.25) is 19.6 Å². The summed E-state index contributed by atoms with van der Waals surface area (Å²) in [4.78, 5) is 0. The monoisotopic (exact) mass is 176 g/mol. The van der Waals surface area contributed by atoms with Gasteiger partial charge in [-0.3, -0.25) is 0 Å². The van der Waals surface area contributed by atoms with Crippen LogP contribution in [0.3, 0.4) is 0 Å². The van der Waals surface area contributed by atoms with Crippen LogP contribution in [0.5, 0.6) is 0 Å². The molecule has 0 aliphatic carbocycles. The molecule has 0 amide bonds. The minimum absolute atomic E-state index is 0. The molecule has 0 rings (SSSR count). The van der Waals surface area contributed by atoms with Gasteiger partial charge >= 0.3 is 5.80 Å². The van der Waals surface area contributed by atoms with Gasteiger partial charge < -0.3 is 0 Å². The molecule has 0 aromatic heterocycles. The van der Waals surface area contributed by atoms with Gasteiger partial charge in [0.05, 0.1) is 0 Å². The van der Waals surface area contributed by atoms with E-state index in [0.29, 0.717) is 0 Å². The Balaban J connectivity index is 0. The van der Waals surface area contributed by atoms with Gasteiger partial charge in [0.1, 0.15) is 0 Å². The molecule has 0 atom stereocenters. The normalized spacial score (nSPS) is 12.7. The van der Waals surface area contributed by atoms with Crippen molar-refractivity contribution in [2.75, 3.05) is 0 Å². The highest BCUT2D eigenvalue weighted by Crippen LogP contribution is 2.27. The van der Waals surface area contributed by atoms with Gasteiger partial charge in [0.15, 0.2) is 8.07 Å². The first-order chi connectivity index (χ1) is 3.25. The van der Waals surface area contributed by atoms with Gasteiger partial charge in [-0.05, 0) is 0 Å². The molecule has 0 saturated heterocycles. The summed E-state index contributed by atoms with van der Waals surface area (Å²) in [5.41, 5.74) is 0. The number of hydrogen-bond donors (Lipinski definition) is 0. The quantitative estimate of drug-likeness (QED) is 0.498. The maximum Gasteiger partial charge on any atom is 0.360 e. The first-order valence-electron chi connectivity index (χ1n) is 2.32. The molecular formula is C4H11F3SSi. The summed E-state index contributed by atoms with van der Waals surface area (Å²) in [6.45, 7) is 3.85. The lowest BCUT2D eigenvalue weighted by atomic mass is 11.5. The predicted octanol–water partition coefficient (Wildman–Crippen LogP) is 2.54. The SMILES string of the molecule is C[Si](C)(C)C(F)(F)F.S. The molecular weight excluding hydrogens is 165 g/mol. The fourth-order valence-corrected chi connectivity index (χ4v) is 0. The minimum Gasteiger partial charge on any atom is -0.197 e. The second-order valence-corrected chi connectivity index (χ2v) is 7.81. The second-order valence-electron chi connectivity index (χ2n) is 2.75. The summed E-state index contributed by atoms with van der Waals surface area (Å²) in [5.74, 6) is -3.92. The molecule has 5 heteroatoms. The first-order valence-corrected chi connectivity index (χ1v) is 5.82. The smallest absolute Gasteiger partial charge is 0.197 e. The van der Waals surface area contributed by atoms with Crippen molar-refractivity contribution in [3.8, 4) is 0 Å². The third kappa shape index (κ3) is 3.86. The van der Waals surface area contributed by atoms with E-state index in [4.69, 9.17) is 0 Å². The molecule has 58 valence electrons. The van der Waals surface area contributed by atoms with Crippen LogP contribution >= 0.6 is 13.5 Å². The van der Waals surface area contributed by atoms with Crippen molar-refractivity contribution in [1.82, 2.24) is 0 Å². The summed E-state index contributed by atoms with van der Waals surface area (Å²) in [6, 6.07) is 0.